The Morgan fingerprint density at radius 3 is 2.68 bits per heavy atom. The Morgan fingerprint density at radius 2 is 2.16 bits per heavy atom. The van der Waals surface area contributed by atoms with Crippen molar-refractivity contribution in [2.45, 2.75) is 11.4 Å². The highest BCUT2D eigenvalue weighted by molar-refractivity contribution is 9.10. The molecule has 0 aliphatic heterocycles. The Hall–Kier alpha value is -0.730. The van der Waals surface area contributed by atoms with E-state index in [1.807, 2.05) is 0 Å². The zero-order chi connectivity index (χ0) is 14.5. The van der Waals surface area contributed by atoms with Crippen LogP contribution < -0.4 is 5.73 Å². The molecule has 7 heteroatoms. The minimum absolute atomic E-state index is 0.0215. The molecule has 3 N–H and O–H groups in total. The van der Waals surface area contributed by atoms with Gasteiger partial charge in [0.25, 0.3) is 0 Å². The first kappa shape index (κ1) is 16.3. The first-order valence-corrected chi connectivity index (χ1v) is 7.91. The lowest BCUT2D eigenvalue weighted by Gasteiger charge is -2.20. The number of sulfonamides is 1. The predicted molar refractivity (Wildman–Crippen MR) is 78.1 cm³/mol. The fourth-order valence-electron chi connectivity index (χ4n) is 1.58. The molecule has 0 saturated heterocycles. The van der Waals surface area contributed by atoms with Gasteiger partial charge in [0.05, 0.1) is 11.5 Å². The minimum Gasteiger partial charge on any atom is -0.395 e. The zero-order valence-corrected chi connectivity index (χ0v) is 12.8. The highest BCUT2D eigenvalue weighted by Gasteiger charge is 2.25. The van der Waals surface area contributed by atoms with E-state index in [4.69, 9.17) is 10.8 Å². The summed E-state index contributed by atoms with van der Waals surface area (Å²) in [6, 6.07) is 4.94. The molecule has 5 nitrogen and oxygen atoms in total. The second-order valence-corrected chi connectivity index (χ2v) is 6.60. The summed E-state index contributed by atoms with van der Waals surface area (Å²) in [5.41, 5.74) is 6.25. The highest BCUT2D eigenvalue weighted by Crippen LogP contribution is 2.26. The van der Waals surface area contributed by atoms with Gasteiger partial charge in [-0.05, 0) is 33.6 Å². The molecule has 0 saturated carbocycles. The number of nitrogens with two attached hydrogens (primary N) is 1. The van der Waals surface area contributed by atoms with Crippen LogP contribution in [0, 0.1) is 0 Å². The molecule has 0 radical (unpaired) electrons. The maximum atomic E-state index is 12.5. The summed E-state index contributed by atoms with van der Waals surface area (Å²) in [5, 5.41) is 8.97. The number of hydrogen-bond acceptors (Lipinski definition) is 4. The van der Waals surface area contributed by atoms with Crippen molar-refractivity contribution >= 4 is 26.0 Å². The SMILES string of the molecule is C=CCN(CCO)S(=O)(=O)c1cc(CN)ccc1Br. The average molecular weight is 349 g/mol. The van der Waals surface area contributed by atoms with Gasteiger partial charge >= 0.3 is 0 Å². The molecule has 0 fully saturated rings. The molecule has 0 unspecified atom stereocenters. The number of aliphatic hydroxyl groups excluding tert-OH is 1. The lowest BCUT2D eigenvalue weighted by atomic mass is 10.2. The number of aliphatic hydroxyl groups is 1. The molecular weight excluding hydrogens is 332 g/mol. The van der Waals surface area contributed by atoms with E-state index >= 15 is 0 Å². The fourth-order valence-corrected chi connectivity index (χ4v) is 3.95. The van der Waals surface area contributed by atoms with Crippen LogP contribution in [0.4, 0.5) is 0 Å². The second kappa shape index (κ2) is 7.16. The van der Waals surface area contributed by atoms with Gasteiger partial charge in [-0.2, -0.15) is 4.31 Å². The van der Waals surface area contributed by atoms with Crippen LogP contribution in [0.3, 0.4) is 0 Å². The molecule has 1 rings (SSSR count). The summed E-state index contributed by atoms with van der Waals surface area (Å²) in [4.78, 5) is 0.144. The number of nitrogens with zero attached hydrogens (tertiary/aromatic N) is 1. The van der Waals surface area contributed by atoms with Crippen molar-refractivity contribution in [1.29, 1.82) is 0 Å². The molecule has 19 heavy (non-hydrogen) atoms. The highest BCUT2D eigenvalue weighted by atomic mass is 79.9. The fraction of sp³-hybridized carbons (Fsp3) is 0.333. The summed E-state index contributed by atoms with van der Waals surface area (Å²) in [5.74, 6) is 0. The third kappa shape index (κ3) is 3.87. The standard InChI is InChI=1S/C12H17BrN2O3S/c1-2-5-15(6-7-16)19(17,18)12-8-10(9-14)3-4-11(12)13/h2-4,8,16H,1,5-7,9,14H2. The van der Waals surface area contributed by atoms with Crippen molar-refractivity contribution in [2.75, 3.05) is 19.7 Å². The Morgan fingerprint density at radius 1 is 1.47 bits per heavy atom. The molecule has 106 valence electrons. The Kier molecular flexibility index (Phi) is 6.15. The van der Waals surface area contributed by atoms with Crippen molar-refractivity contribution in [3.05, 3.63) is 40.9 Å². The first-order chi connectivity index (χ1) is 8.97. The average Bonchev–Trinajstić information content (AvgIpc) is 2.39. The van der Waals surface area contributed by atoms with Gasteiger partial charge in [-0.3, -0.25) is 0 Å². The van der Waals surface area contributed by atoms with Gasteiger partial charge in [0.15, 0.2) is 0 Å². The van der Waals surface area contributed by atoms with Crippen LogP contribution in [0.25, 0.3) is 0 Å². The van der Waals surface area contributed by atoms with Gasteiger partial charge in [-0.1, -0.05) is 12.1 Å². The molecule has 0 amide bonds. The zero-order valence-electron chi connectivity index (χ0n) is 10.4. The van der Waals surface area contributed by atoms with Gasteiger partial charge in [-0.25, -0.2) is 8.42 Å². The molecule has 0 spiro atoms. The Labute approximate surface area is 121 Å². The van der Waals surface area contributed by atoms with Gasteiger partial charge in [-0.15, -0.1) is 6.58 Å². The van der Waals surface area contributed by atoms with E-state index in [2.05, 4.69) is 22.5 Å². The number of hydrogen-bond donors (Lipinski definition) is 2. The monoisotopic (exact) mass is 348 g/mol. The summed E-state index contributed by atoms with van der Waals surface area (Å²) in [6.45, 7) is 3.70. The van der Waals surface area contributed by atoms with Gasteiger partial charge in [0.1, 0.15) is 0 Å². The van der Waals surface area contributed by atoms with Crippen molar-refractivity contribution in [2.24, 2.45) is 5.73 Å². The number of rotatable bonds is 7. The van der Waals surface area contributed by atoms with Crippen LogP contribution in [0.2, 0.25) is 0 Å². The summed E-state index contributed by atoms with van der Waals surface area (Å²) < 4.78 is 26.6. The van der Waals surface area contributed by atoms with E-state index in [0.29, 0.717) is 4.47 Å². The Bertz CT molecular complexity index is 546. The van der Waals surface area contributed by atoms with Gasteiger partial charge < -0.3 is 10.8 Å². The van der Waals surface area contributed by atoms with Crippen molar-refractivity contribution in [3.63, 3.8) is 0 Å². The van der Waals surface area contributed by atoms with E-state index in [1.54, 1.807) is 12.1 Å². The van der Waals surface area contributed by atoms with E-state index in [0.717, 1.165) is 5.56 Å². The van der Waals surface area contributed by atoms with Gasteiger partial charge in [0, 0.05) is 24.1 Å². The van der Waals surface area contributed by atoms with Gasteiger partial charge in [0.2, 0.25) is 10.0 Å². The topological polar surface area (TPSA) is 83.6 Å². The normalized spacial score (nSPS) is 11.8. The summed E-state index contributed by atoms with van der Waals surface area (Å²) >= 11 is 3.23. The van der Waals surface area contributed by atoms with Crippen molar-refractivity contribution in [1.82, 2.24) is 4.31 Å². The van der Waals surface area contributed by atoms with Crippen molar-refractivity contribution < 1.29 is 13.5 Å². The maximum Gasteiger partial charge on any atom is 0.244 e. The summed E-state index contributed by atoms with van der Waals surface area (Å²) in [7, 11) is -3.69. The molecule has 0 heterocycles. The summed E-state index contributed by atoms with van der Waals surface area (Å²) in [6.07, 6.45) is 1.48. The second-order valence-electron chi connectivity index (χ2n) is 3.84. The molecule has 0 bridgehead atoms. The molecule has 0 atom stereocenters. The predicted octanol–water partition coefficient (Wildman–Crippen LogP) is 1.08. The van der Waals surface area contributed by atoms with E-state index in [1.165, 1.54) is 16.4 Å². The molecule has 0 aliphatic rings. The van der Waals surface area contributed by atoms with Crippen molar-refractivity contribution in [3.8, 4) is 0 Å². The van der Waals surface area contributed by atoms with Crippen LogP contribution in [-0.4, -0.2) is 37.5 Å². The lowest BCUT2D eigenvalue weighted by Crippen LogP contribution is -2.34. The molecule has 0 aliphatic carbocycles. The van der Waals surface area contributed by atoms with Crippen LogP contribution in [0.15, 0.2) is 40.2 Å². The quantitative estimate of drug-likeness (QED) is 0.722. The third-order valence-corrected chi connectivity index (χ3v) is 5.39. The third-order valence-electron chi connectivity index (χ3n) is 2.53. The van der Waals surface area contributed by atoms with E-state index in [9.17, 15) is 8.42 Å². The largest absolute Gasteiger partial charge is 0.395 e. The smallest absolute Gasteiger partial charge is 0.244 e. The van der Waals surface area contributed by atoms with Crippen LogP contribution in [-0.2, 0) is 16.6 Å². The van der Waals surface area contributed by atoms with Crippen LogP contribution >= 0.6 is 15.9 Å². The lowest BCUT2D eigenvalue weighted by molar-refractivity contribution is 0.260. The van der Waals surface area contributed by atoms with Crippen LogP contribution in [0.5, 0.6) is 0 Å². The number of benzene rings is 1. The molecular formula is C12H17BrN2O3S. The molecule has 1 aromatic carbocycles. The van der Waals surface area contributed by atoms with E-state index in [-0.39, 0.29) is 31.1 Å². The minimum atomic E-state index is -3.69. The maximum absolute atomic E-state index is 12.5. The number of halogens is 1. The van der Waals surface area contributed by atoms with E-state index < -0.39 is 10.0 Å². The Balaban J connectivity index is 3.27. The van der Waals surface area contributed by atoms with Crippen LogP contribution in [0.1, 0.15) is 5.56 Å². The molecule has 1 aromatic rings. The molecule has 0 aromatic heterocycles. The first-order valence-electron chi connectivity index (χ1n) is 5.67.